The summed E-state index contributed by atoms with van der Waals surface area (Å²) in [6.07, 6.45) is 14.6. The maximum absolute atomic E-state index is 2.54. The second-order valence-electron chi connectivity index (χ2n) is 5.91. The van der Waals surface area contributed by atoms with Gasteiger partial charge in [0.15, 0.2) is 0 Å². The van der Waals surface area contributed by atoms with Gasteiger partial charge in [-0.1, -0.05) is 0 Å². The van der Waals surface area contributed by atoms with Crippen molar-refractivity contribution in [1.82, 2.24) is 0 Å². The van der Waals surface area contributed by atoms with Crippen LogP contribution in [0.15, 0.2) is 47.1 Å². The summed E-state index contributed by atoms with van der Waals surface area (Å²) in [5.41, 5.74) is 4.64. The van der Waals surface area contributed by atoms with Gasteiger partial charge in [-0.05, 0) is 0 Å². The normalized spacial score (nSPS) is 25.9. The Hall–Kier alpha value is 0.254. The van der Waals surface area contributed by atoms with E-state index in [1.54, 1.807) is 5.57 Å². The third-order valence-electron chi connectivity index (χ3n) is 4.49. The van der Waals surface area contributed by atoms with Crippen LogP contribution in [0.25, 0.3) is 0 Å². The van der Waals surface area contributed by atoms with Crippen LogP contribution >= 0.6 is 0 Å². The molecular formula is C17H24Cl2Ti. The first-order valence-electron chi connectivity index (χ1n) is 6.97. The number of allylic oxidation sites excluding steroid dienone is 8. The van der Waals surface area contributed by atoms with Crippen molar-refractivity contribution in [2.24, 2.45) is 0 Å². The average Bonchev–Trinajstić information content (AvgIpc) is 2.81. The number of rotatable bonds is 4. The van der Waals surface area contributed by atoms with Crippen LogP contribution in [-0.4, -0.2) is 0 Å². The van der Waals surface area contributed by atoms with Gasteiger partial charge in [0.05, 0.1) is 0 Å². The van der Waals surface area contributed by atoms with Crippen LogP contribution in [-0.2, 0) is 19.2 Å². The molecule has 1 atom stereocenters. The van der Waals surface area contributed by atoms with Crippen molar-refractivity contribution in [2.45, 2.75) is 54.9 Å². The Balaban J connectivity index is 0.00000180. The maximum atomic E-state index is 2.54. The summed E-state index contributed by atoms with van der Waals surface area (Å²) in [4.78, 5) is 0. The van der Waals surface area contributed by atoms with Gasteiger partial charge in [0.25, 0.3) is 0 Å². The summed E-state index contributed by atoms with van der Waals surface area (Å²) < 4.78 is 0.772. The molecule has 2 aliphatic rings. The fourth-order valence-corrected chi connectivity index (χ4v) is 6.88. The van der Waals surface area contributed by atoms with Crippen LogP contribution in [0, 0.1) is 0 Å². The van der Waals surface area contributed by atoms with E-state index in [1.165, 1.54) is 24.0 Å². The second kappa shape index (κ2) is 7.50. The van der Waals surface area contributed by atoms with Crippen LogP contribution in [0.1, 0.15) is 47.5 Å². The minimum Gasteiger partial charge on any atom is -1.00 e. The fourth-order valence-electron chi connectivity index (χ4n) is 3.18. The molecule has 0 saturated carbocycles. The predicted octanol–water partition coefficient (Wildman–Crippen LogP) is -0.363. The minimum atomic E-state index is -0.121. The Labute approximate surface area is 145 Å². The Morgan fingerprint density at radius 2 is 1.60 bits per heavy atom. The molecule has 2 aliphatic carbocycles. The molecule has 0 aromatic heterocycles. The van der Waals surface area contributed by atoms with E-state index in [2.05, 4.69) is 65.0 Å². The first-order chi connectivity index (χ1) is 8.42. The van der Waals surface area contributed by atoms with Crippen molar-refractivity contribution in [1.29, 1.82) is 0 Å². The van der Waals surface area contributed by atoms with Gasteiger partial charge in [0.2, 0.25) is 0 Å². The second-order valence-corrected chi connectivity index (χ2v) is 9.38. The average molecular weight is 347 g/mol. The van der Waals surface area contributed by atoms with E-state index < -0.39 is 0 Å². The van der Waals surface area contributed by atoms with E-state index >= 15 is 0 Å². The molecule has 0 radical (unpaired) electrons. The molecule has 2 rings (SSSR count). The molecule has 0 aliphatic heterocycles. The summed E-state index contributed by atoms with van der Waals surface area (Å²) in [6, 6.07) is 0. The molecule has 110 valence electrons. The molecule has 3 heteroatoms. The van der Waals surface area contributed by atoms with E-state index in [1.807, 2.05) is 0 Å². The van der Waals surface area contributed by atoms with Crippen LogP contribution in [0.3, 0.4) is 0 Å². The quantitative estimate of drug-likeness (QED) is 0.610. The monoisotopic (exact) mass is 346 g/mol. The van der Waals surface area contributed by atoms with Crippen LogP contribution in [0.4, 0.5) is 0 Å². The molecular weight excluding hydrogens is 323 g/mol. The molecule has 0 fully saturated rings. The molecule has 0 N–H and O–H groups in total. The smallest absolute Gasteiger partial charge is 1.00 e. The molecule has 1 unspecified atom stereocenters. The van der Waals surface area contributed by atoms with Crippen molar-refractivity contribution in [3.05, 3.63) is 47.1 Å². The molecule has 0 heterocycles. The van der Waals surface area contributed by atoms with E-state index in [4.69, 9.17) is 0 Å². The van der Waals surface area contributed by atoms with Gasteiger partial charge in [0, 0.05) is 0 Å². The fraction of sp³-hybridized carbons (Fsp3) is 0.529. The molecule has 20 heavy (non-hydrogen) atoms. The number of halogens is 2. The van der Waals surface area contributed by atoms with Crippen molar-refractivity contribution in [3.63, 3.8) is 0 Å². The summed E-state index contributed by atoms with van der Waals surface area (Å²) >= 11 is -0.121. The van der Waals surface area contributed by atoms with Gasteiger partial charge in [-0.3, -0.25) is 0 Å². The predicted molar refractivity (Wildman–Crippen MR) is 76.4 cm³/mol. The van der Waals surface area contributed by atoms with E-state index in [0.29, 0.717) is 7.44 Å². The van der Waals surface area contributed by atoms with Crippen molar-refractivity contribution >= 4 is 0 Å². The van der Waals surface area contributed by atoms with Crippen molar-refractivity contribution in [3.8, 4) is 0 Å². The van der Waals surface area contributed by atoms with Gasteiger partial charge in [-0.2, -0.15) is 0 Å². The molecule has 0 aromatic carbocycles. The van der Waals surface area contributed by atoms with Gasteiger partial charge in [-0.15, -0.1) is 0 Å². The molecule has 0 amide bonds. The zero-order valence-corrected chi connectivity index (χ0v) is 16.1. The third kappa shape index (κ3) is 3.71. The van der Waals surface area contributed by atoms with Crippen LogP contribution < -0.4 is 24.8 Å². The van der Waals surface area contributed by atoms with E-state index in [0.717, 1.165) is 0 Å². The third-order valence-corrected chi connectivity index (χ3v) is 7.75. The van der Waals surface area contributed by atoms with Crippen molar-refractivity contribution < 1.29 is 44.0 Å². The molecule has 0 bridgehead atoms. The SMILES string of the molecule is CCC[C]1([Ti+2][C]2(C)C=C(C)C(C)=C2C)C=CC=C1.[Cl-].[Cl-]. The Bertz CT molecular complexity index is 459. The Morgan fingerprint density at radius 1 is 1.05 bits per heavy atom. The van der Waals surface area contributed by atoms with E-state index in [9.17, 15) is 0 Å². The summed E-state index contributed by atoms with van der Waals surface area (Å²) in [5.74, 6) is 0. The maximum Gasteiger partial charge on any atom is -1.00 e. The van der Waals surface area contributed by atoms with Gasteiger partial charge in [0.1, 0.15) is 0 Å². The number of hydrogen-bond acceptors (Lipinski definition) is 0. The first kappa shape index (κ1) is 20.3. The number of hydrogen-bond donors (Lipinski definition) is 0. The zero-order valence-electron chi connectivity index (χ0n) is 13.1. The van der Waals surface area contributed by atoms with E-state index in [-0.39, 0.29) is 44.0 Å². The molecule has 0 saturated heterocycles. The topological polar surface area (TPSA) is 0 Å². The zero-order chi connectivity index (χ0) is 13.4. The van der Waals surface area contributed by atoms with Gasteiger partial charge in [-0.25, -0.2) is 0 Å². The Kier molecular flexibility index (Phi) is 7.59. The molecule has 0 nitrogen and oxygen atoms in total. The largest absolute Gasteiger partial charge is 1.00 e. The van der Waals surface area contributed by atoms with Crippen molar-refractivity contribution in [2.75, 3.05) is 0 Å². The molecule has 0 spiro atoms. The molecule has 0 aromatic rings. The Morgan fingerprint density at radius 3 is 2.00 bits per heavy atom. The summed E-state index contributed by atoms with van der Waals surface area (Å²) in [6.45, 7) is 11.7. The summed E-state index contributed by atoms with van der Waals surface area (Å²) in [7, 11) is 0. The van der Waals surface area contributed by atoms with Gasteiger partial charge < -0.3 is 24.8 Å². The minimum absolute atomic E-state index is 0. The first-order valence-corrected chi connectivity index (χ1v) is 8.53. The van der Waals surface area contributed by atoms with Gasteiger partial charge >= 0.3 is 121 Å². The van der Waals surface area contributed by atoms with Crippen LogP contribution in [0.2, 0.25) is 7.44 Å². The van der Waals surface area contributed by atoms with Crippen LogP contribution in [0.5, 0.6) is 0 Å². The standard InChI is InChI=1S/C9H13.C8H11.2ClH.Ti/c1-6-5-7(2)9(4)8(6)3;1-2-5-8-6-3-4-7-8;;;/h5H,1-4H3;3-4,6-7H,2,5H2,1H3;2*1H;/q;;;;+2/p-2. The summed E-state index contributed by atoms with van der Waals surface area (Å²) in [5, 5.41) is 0.